The van der Waals surface area contributed by atoms with E-state index in [4.69, 9.17) is 0 Å². The Bertz CT molecular complexity index is 778. The normalized spacial score (nSPS) is 10.7. The molecule has 0 aliphatic carbocycles. The van der Waals surface area contributed by atoms with Crippen LogP contribution in [0.4, 0.5) is 10.2 Å². The van der Waals surface area contributed by atoms with Gasteiger partial charge in [0, 0.05) is 5.39 Å². The van der Waals surface area contributed by atoms with Gasteiger partial charge in [-0.25, -0.2) is 4.39 Å². The van der Waals surface area contributed by atoms with Crippen LogP contribution in [-0.4, -0.2) is 21.2 Å². The second-order valence-electron chi connectivity index (χ2n) is 4.21. The highest BCUT2D eigenvalue weighted by Gasteiger charge is 2.18. The van der Waals surface area contributed by atoms with Gasteiger partial charge >= 0.3 is 0 Å². The first-order valence-corrected chi connectivity index (χ1v) is 5.89. The lowest BCUT2D eigenvalue weighted by atomic mass is 10.1. The lowest BCUT2D eigenvalue weighted by Gasteiger charge is -2.05. The van der Waals surface area contributed by atoms with Crippen molar-refractivity contribution in [2.24, 2.45) is 0 Å². The number of H-pyrrole nitrogens is 1. The van der Waals surface area contributed by atoms with Crippen molar-refractivity contribution in [2.45, 2.75) is 0 Å². The van der Waals surface area contributed by atoms with Crippen LogP contribution in [0.5, 0.6) is 5.75 Å². The van der Waals surface area contributed by atoms with Gasteiger partial charge in [0.25, 0.3) is 5.91 Å². The van der Waals surface area contributed by atoms with E-state index >= 15 is 0 Å². The number of phenols is 1. The fraction of sp³-hybridized carbons (Fsp3) is 0. The maximum absolute atomic E-state index is 13.6. The minimum Gasteiger partial charge on any atom is -0.507 e. The van der Waals surface area contributed by atoms with Crippen LogP contribution >= 0.6 is 0 Å². The monoisotopic (exact) mass is 271 g/mol. The Morgan fingerprint density at radius 2 is 2.00 bits per heavy atom. The van der Waals surface area contributed by atoms with Crippen molar-refractivity contribution in [3.63, 3.8) is 0 Å². The van der Waals surface area contributed by atoms with E-state index < -0.39 is 23.0 Å². The largest absolute Gasteiger partial charge is 0.507 e. The molecule has 3 rings (SSSR count). The number of fused-ring (bicyclic) bond motifs is 1. The number of aromatic nitrogens is 2. The number of nitrogens with zero attached hydrogens (tertiary/aromatic N) is 1. The van der Waals surface area contributed by atoms with E-state index in [9.17, 15) is 14.3 Å². The van der Waals surface area contributed by atoms with E-state index in [0.717, 1.165) is 11.6 Å². The predicted molar refractivity (Wildman–Crippen MR) is 72.1 cm³/mol. The van der Waals surface area contributed by atoms with Gasteiger partial charge in [0.15, 0.2) is 5.82 Å². The minimum atomic E-state index is -0.789. The van der Waals surface area contributed by atoms with Crippen molar-refractivity contribution in [1.29, 1.82) is 0 Å². The van der Waals surface area contributed by atoms with Gasteiger partial charge in [-0.1, -0.05) is 18.2 Å². The third kappa shape index (κ3) is 1.97. The maximum Gasteiger partial charge on any atom is 0.263 e. The molecule has 0 bridgehead atoms. The molecule has 5 nitrogen and oxygen atoms in total. The fourth-order valence-electron chi connectivity index (χ4n) is 1.97. The summed E-state index contributed by atoms with van der Waals surface area (Å²) in [6.45, 7) is 0. The number of benzene rings is 2. The van der Waals surface area contributed by atoms with E-state index in [1.807, 2.05) is 6.07 Å². The van der Waals surface area contributed by atoms with Gasteiger partial charge in [0.05, 0.1) is 5.52 Å². The molecule has 20 heavy (non-hydrogen) atoms. The van der Waals surface area contributed by atoms with Gasteiger partial charge in [-0.15, -0.1) is 0 Å². The van der Waals surface area contributed by atoms with Crippen molar-refractivity contribution in [3.05, 3.63) is 53.8 Å². The average molecular weight is 271 g/mol. The Labute approximate surface area is 113 Å². The molecule has 0 radical (unpaired) electrons. The molecule has 3 N–H and O–H groups in total. The third-order valence-electron chi connectivity index (χ3n) is 2.92. The predicted octanol–water partition coefficient (Wildman–Crippen LogP) is 2.66. The zero-order valence-corrected chi connectivity index (χ0v) is 10.2. The highest BCUT2D eigenvalue weighted by molar-refractivity contribution is 6.09. The number of carbonyl (C=O) groups is 1. The number of rotatable bonds is 2. The molecule has 1 aromatic heterocycles. The number of anilines is 1. The van der Waals surface area contributed by atoms with Crippen LogP contribution in [-0.2, 0) is 0 Å². The molecule has 1 amide bonds. The first kappa shape index (κ1) is 12.2. The zero-order valence-electron chi connectivity index (χ0n) is 10.2. The van der Waals surface area contributed by atoms with Gasteiger partial charge in [0.2, 0.25) is 0 Å². The first-order valence-electron chi connectivity index (χ1n) is 5.89. The van der Waals surface area contributed by atoms with Crippen molar-refractivity contribution >= 4 is 22.6 Å². The molecule has 2 aromatic carbocycles. The average Bonchev–Trinajstić information content (AvgIpc) is 2.82. The Morgan fingerprint density at radius 1 is 1.20 bits per heavy atom. The number of carbonyl (C=O) groups excluding carboxylic acids is 1. The van der Waals surface area contributed by atoms with Gasteiger partial charge in [-0.3, -0.25) is 9.89 Å². The summed E-state index contributed by atoms with van der Waals surface area (Å²) < 4.78 is 13.6. The fourth-order valence-corrected chi connectivity index (χ4v) is 1.97. The lowest BCUT2D eigenvalue weighted by molar-refractivity contribution is 0.102. The second-order valence-corrected chi connectivity index (χ2v) is 4.21. The Kier molecular flexibility index (Phi) is 2.83. The third-order valence-corrected chi connectivity index (χ3v) is 2.92. The molecule has 6 heteroatoms. The summed E-state index contributed by atoms with van der Waals surface area (Å²) in [5, 5.41) is 19.5. The van der Waals surface area contributed by atoms with Crippen LogP contribution in [0.25, 0.3) is 10.9 Å². The lowest BCUT2D eigenvalue weighted by Crippen LogP contribution is -2.14. The van der Waals surface area contributed by atoms with Crippen LogP contribution in [0.15, 0.2) is 42.5 Å². The summed E-state index contributed by atoms with van der Waals surface area (Å²) in [5.41, 5.74) is 0.347. The molecular formula is C14H10FN3O2. The molecule has 0 aliphatic rings. The molecule has 0 saturated carbocycles. The standard InChI is InChI=1S/C14H10FN3O2/c15-9-5-3-7-11(19)12(9)14(20)16-13-8-4-1-2-6-10(8)17-18-13/h1-7,19H,(H2,16,17,18,20). The molecule has 0 unspecified atom stereocenters. The number of hydrogen-bond donors (Lipinski definition) is 3. The molecule has 0 aliphatic heterocycles. The first-order chi connectivity index (χ1) is 9.66. The number of hydrogen-bond acceptors (Lipinski definition) is 3. The molecule has 0 atom stereocenters. The summed E-state index contributed by atoms with van der Waals surface area (Å²) in [4.78, 5) is 12.0. The second kappa shape index (κ2) is 4.65. The summed E-state index contributed by atoms with van der Waals surface area (Å²) in [6, 6.07) is 10.9. The van der Waals surface area contributed by atoms with Crippen LogP contribution in [0, 0.1) is 5.82 Å². The molecule has 0 saturated heterocycles. The highest BCUT2D eigenvalue weighted by atomic mass is 19.1. The van der Waals surface area contributed by atoms with Gasteiger partial charge < -0.3 is 10.4 Å². The van der Waals surface area contributed by atoms with Crippen molar-refractivity contribution in [1.82, 2.24) is 10.2 Å². The number of aromatic hydroxyl groups is 1. The van der Waals surface area contributed by atoms with Crippen LogP contribution in [0.2, 0.25) is 0 Å². The summed E-state index contributed by atoms with van der Waals surface area (Å²) >= 11 is 0. The summed E-state index contributed by atoms with van der Waals surface area (Å²) in [5.74, 6) is -1.67. The number of aromatic amines is 1. The molecule has 1 heterocycles. The van der Waals surface area contributed by atoms with E-state index in [2.05, 4.69) is 15.5 Å². The quantitative estimate of drug-likeness (QED) is 0.670. The Balaban J connectivity index is 1.97. The number of halogens is 1. The molecular weight excluding hydrogens is 261 g/mol. The number of phenolic OH excluding ortho intramolecular Hbond substituents is 1. The van der Waals surface area contributed by atoms with E-state index in [0.29, 0.717) is 5.39 Å². The van der Waals surface area contributed by atoms with E-state index in [-0.39, 0.29) is 5.82 Å². The molecule has 100 valence electrons. The smallest absolute Gasteiger partial charge is 0.263 e. The van der Waals surface area contributed by atoms with Gasteiger partial charge in [-0.05, 0) is 24.3 Å². The SMILES string of the molecule is O=C(Nc1n[nH]c2ccccc12)c1c(O)cccc1F. The summed E-state index contributed by atoms with van der Waals surface area (Å²) in [7, 11) is 0. The van der Waals surface area contributed by atoms with E-state index in [1.54, 1.807) is 18.2 Å². The Morgan fingerprint density at radius 3 is 2.80 bits per heavy atom. The highest BCUT2D eigenvalue weighted by Crippen LogP contribution is 2.24. The topological polar surface area (TPSA) is 78.0 Å². The van der Waals surface area contributed by atoms with Crippen LogP contribution in [0.3, 0.4) is 0 Å². The van der Waals surface area contributed by atoms with E-state index in [1.165, 1.54) is 12.1 Å². The number of para-hydroxylation sites is 1. The minimum absolute atomic E-state index is 0.285. The Hall–Kier alpha value is -2.89. The van der Waals surface area contributed by atoms with Crippen LogP contribution < -0.4 is 5.32 Å². The molecule has 3 aromatic rings. The van der Waals surface area contributed by atoms with Gasteiger partial charge in [-0.2, -0.15) is 5.10 Å². The maximum atomic E-state index is 13.6. The number of nitrogens with one attached hydrogen (secondary N) is 2. The molecule has 0 spiro atoms. The summed E-state index contributed by atoms with van der Waals surface area (Å²) in [6.07, 6.45) is 0. The van der Waals surface area contributed by atoms with Gasteiger partial charge in [0.1, 0.15) is 17.1 Å². The van der Waals surface area contributed by atoms with Crippen molar-refractivity contribution < 1.29 is 14.3 Å². The van der Waals surface area contributed by atoms with Crippen LogP contribution in [0.1, 0.15) is 10.4 Å². The zero-order chi connectivity index (χ0) is 14.1. The molecule has 0 fully saturated rings. The number of amides is 1. The van der Waals surface area contributed by atoms with Crippen molar-refractivity contribution in [3.8, 4) is 5.75 Å². The van der Waals surface area contributed by atoms with Crippen molar-refractivity contribution in [2.75, 3.05) is 5.32 Å².